The first kappa shape index (κ1) is 17.2. The van der Waals surface area contributed by atoms with Crippen molar-refractivity contribution in [1.29, 1.82) is 0 Å². The quantitative estimate of drug-likeness (QED) is 0.628. The molecule has 0 aliphatic carbocycles. The molecule has 1 aliphatic heterocycles. The number of likely N-dealkylation sites (tertiary alicyclic amines) is 1. The number of carbonyl (C=O) groups is 1. The molecule has 27 heavy (non-hydrogen) atoms. The molecule has 2 aromatic heterocycles. The maximum Gasteiger partial charge on any atom is 0.222 e. The van der Waals surface area contributed by atoms with Crippen LogP contribution in [0.15, 0.2) is 48.9 Å². The van der Waals surface area contributed by atoms with Gasteiger partial charge in [-0.1, -0.05) is 6.07 Å². The van der Waals surface area contributed by atoms with Gasteiger partial charge in [-0.3, -0.25) is 9.78 Å². The number of hydrogen-bond acceptors (Lipinski definition) is 6. The van der Waals surface area contributed by atoms with Crippen molar-refractivity contribution in [2.75, 3.05) is 30.3 Å². The molecule has 0 atom stereocenters. The second-order valence-electron chi connectivity index (χ2n) is 6.59. The molecule has 138 valence electrons. The molecule has 0 radical (unpaired) electrons. The van der Waals surface area contributed by atoms with Gasteiger partial charge in [0.15, 0.2) is 0 Å². The molecule has 2 N–H and O–H groups in total. The molecule has 0 unspecified atom stereocenters. The van der Waals surface area contributed by atoms with Crippen LogP contribution in [-0.2, 0) is 4.79 Å². The van der Waals surface area contributed by atoms with Gasteiger partial charge in [-0.25, -0.2) is 9.97 Å². The lowest BCUT2D eigenvalue weighted by atomic mass is 10.2. The average Bonchev–Trinajstić information content (AvgIpc) is 3.10. The van der Waals surface area contributed by atoms with Crippen LogP contribution in [0.2, 0.25) is 0 Å². The maximum atomic E-state index is 11.6. The molecule has 1 fully saturated rings. The second kappa shape index (κ2) is 7.99. The summed E-state index contributed by atoms with van der Waals surface area (Å²) in [6.45, 7) is 2.46. The molecule has 0 bridgehead atoms. The minimum atomic E-state index is 0.272. The number of anilines is 3. The number of aromatic nitrogens is 3. The van der Waals surface area contributed by atoms with Crippen LogP contribution < -0.4 is 10.6 Å². The van der Waals surface area contributed by atoms with Crippen LogP contribution in [0.25, 0.3) is 10.9 Å². The van der Waals surface area contributed by atoms with Gasteiger partial charge in [0.25, 0.3) is 0 Å². The summed E-state index contributed by atoms with van der Waals surface area (Å²) >= 11 is 0. The van der Waals surface area contributed by atoms with Gasteiger partial charge >= 0.3 is 0 Å². The second-order valence-corrected chi connectivity index (χ2v) is 6.59. The average molecular weight is 362 g/mol. The van der Waals surface area contributed by atoms with Crippen LogP contribution in [0.1, 0.15) is 19.3 Å². The van der Waals surface area contributed by atoms with Crippen molar-refractivity contribution >= 4 is 34.1 Å². The van der Waals surface area contributed by atoms with E-state index in [9.17, 15) is 4.79 Å². The predicted molar refractivity (Wildman–Crippen MR) is 106 cm³/mol. The summed E-state index contributed by atoms with van der Waals surface area (Å²) in [5.41, 5.74) is 1.91. The third-order valence-electron chi connectivity index (χ3n) is 4.62. The summed E-state index contributed by atoms with van der Waals surface area (Å²) in [5, 5.41) is 7.68. The lowest BCUT2D eigenvalue weighted by Crippen LogP contribution is -2.27. The maximum absolute atomic E-state index is 11.6. The van der Waals surface area contributed by atoms with E-state index in [1.165, 1.54) is 6.33 Å². The van der Waals surface area contributed by atoms with E-state index in [0.717, 1.165) is 60.7 Å². The lowest BCUT2D eigenvalue weighted by Gasteiger charge is -2.15. The van der Waals surface area contributed by atoms with Crippen molar-refractivity contribution < 1.29 is 4.79 Å². The third-order valence-corrected chi connectivity index (χ3v) is 4.62. The Bertz CT molecular complexity index is 944. The number of hydrogen-bond donors (Lipinski definition) is 2. The molecular formula is C20H22N6O. The van der Waals surface area contributed by atoms with Gasteiger partial charge in [0, 0.05) is 49.4 Å². The summed E-state index contributed by atoms with van der Waals surface area (Å²) in [6, 6.07) is 11.9. The number of amides is 1. The zero-order valence-electron chi connectivity index (χ0n) is 15.1. The highest BCUT2D eigenvalue weighted by atomic mass is 16.2. The first-order valence-corrected chi connectivity index (χ1v) is 9.23. The minimum absolute atomic E-state index is 0.272. The molecule has 1 aromatic carbocycles. The largest absolute Gasteiger partial charge is 0.370 e. The van der Waals surface area contributed by atoms with Gasteiger partial charge in [0.05, 0.1) is 5.52 Å². The number of rotatable bonds is 7. The number of nitrogens with one attached hydrogen (secondary N) is 2. The fraction of sp³-hybridized carbons (Fsp3) is 0.300. The molecule has 7 nitrogen and oxygen atoms in total. The molecule has 0 spiro atoms. The third kappa shape index (κ3) is 4.31. The van der Waals surface area contributed by atoms with Crippen molar-refractivity contribution in [3.8, 4) is 0 Å². The Morgan fingerprint density at radius 3 is 2.89 bits per heavy atom. The molecule has 1 aliphatic rings. The zero-order chi connectivity index (χ0) is 18.5. The predicted octanol–water partition coefficient (Wildman–Crippen LogP) is 3.19. The molecule has 1 saturated heterocycles. The first-order chi connectivity index (χ1) is 13.3. The van der Waals surface area contributed by atoms with Crippen LogP contribution in [0.3, 0.4) is 0 Å². The van der Waals surface area contributed by atoms with Gasteiger partial charge in [-0.15, -0.1) is 0 Å². The Morgan fingerprint density at radius 2 is 2.00 bits per heavy atom. The summed E-state index contributed by atoms with van der Waals surface area (Å²) in [5.74, 6) is 1.77. The topological polar surface area (TPSA) is 83.0 Å². The smallest absolute Gasteiger partial charge is 0.222 e. The molecule has 0 saturated carbocycles. The van der Waals surface area contributed by atoms with E-state index in [2.05, 4.69) is 25.6 Å². The van der Waals surface area contributed by atoms with Crippen LogP contribution in [0, 0.1) is 0 Å². The van der Waals surface area contributed by atoms with Gasteiger partial charge < -0.3 is 15.5 Å². The van der Waals surface area contributed by atoms with E-state index in [4.69, 9.17) is 0 Å². The monoisotopic (exact) mass is 362 g/mol. The SMILES string of the molecule is O=C1CCCN1CCCNc1cc(Nc2ccc3ncccc3c2)ncn1. The van der Waals surface area contributed by atoms with Gasteiger partial charge in [0.2, 0.25) is 5.91 Å². The highest BCUT2D eigenvalue weighted by Crippen LogP contribution is 2.21. The Labute approximate surface area is 157 Å². The number of fused-ring (bicyclic) bond motifs is 1. The van der Waals surface area contributed by atoms with Crippen molar-refractivity contribution in [1.82, 2.24) is 19.9 Å². The Kier molecular flexibility index (Phi) is 5.09. The van der Waals surface area contributed by atoms with Gasteiger partial charge in [-0.2, -0.15) is 0 Å². The van der Waals surface area contributed by atoms with E-state index < -0.39 is 0 Å². The van der Waals surface area contributed by atoms with Gasteiger partial charge in [0.1, 0.15) is 18.0 Å². The summed E-state index contributed by atoms with van der Waals surface area (Å²) in [7, 11) is 0. The molecule has 4 rings (SSSR count). The summed E-state index contributed by atoms with van der Waals surface area (Å²) < 4.78 is 0. The van der Waals surface area contributed by atoms with E-state index in [1.54, 1.807) is 6.20 Å². The first-order valence-electron chi connectivity index (χ1n) is 9.23. The normalized spacial score (nSPS) is 13.9. The minimum Gasteiger partial charge on any atom is -0.370 e. The number of nitrogens with zero attached hydrogens (tertiary/aromatic N) is 4. The Morgan fingerprint density at radius 1 is 1.07 bits per heavy atom. The fourth-order valence-corrected chi connectivity index (χ4v) is 3.25. The highest BCUT2D eigenvalue weighted by molar-refractivity contribution is 5.83. The molecule has 3 heterocycles. The van der Waals surface area contributed by atoms with Crippen LogP contribution >= 0.6 is 0 Å². The number of benzene rings is 1. The van der Waals surface area contributed by atoms with Crippen molar-refractivity contribution in [3.05, 3.63) is 48.9 Å². The molecule has 1 amide bonds. The van der Waals surface area contributed by atoms with Crippen LogP contribution in [-0.4, -0.2) is 45.4 Å². The van der Waals surface area contributed by atoms with E-state index in [-0.39, 0.29) is 5.91 Å². The molecule has 7 heteroatoms. The molecular weight excluding hydrogens is 340 g/mol. The number of carbonyl (C=O) groups excluding carboxylic acids is 1. The standard InChI is InChI=1S/C20H22N6O/c27-20-5-2-10-26(20)11-3-9-22-18-13-19(24-14-23-18)25-16-6-7-17-15(12-16)4-1-8-21-17/h1,4,6-8,12-14H,2-3,5,9-11H2,(H2,22,23,24,25). The van der Waals surface area contributed by atoms with Gasteiger partial charge in [-0.05, 0) is 37.1 Å². The fourth-order valence-electron chi connectivity index (χ4n) is 3.25. The van der Waals surface area contributed by atoms with Crippen molar-refractivity contribution in [2.24, 2.45) is 0 Å². The Balaban J connectivity index is 1.33. The highest BCUT2D eigenvalue weighted by Gasteiger charge is 2.18. The van der Waals surface area contributed by atoms with Crippen molar-refractivity contribution in [3.63, 3.8) is 0 Å². The van der Waals surface area contributed by atoms with E-state index in [0.29, 0.717) is 6.42 Å². The molecule has 3 aromatic rings. The zero-order valence-corrected chi connectivity index (χ0v) is 15.1. The van der Waals surface area contributed by atoms with E-state index >= 15 is 0 Å². The van der Waals surface area contributed by atoms with E-state index in [1.807, 2.05) is 41.3 Å². The Hall–Kier alpha value is -3.22. The van der Waals surface area contributed by atoms with Crippen LogP contribution in [0.4, 0.5) is 17.3 Å². The lowest BCUT2D eigenvalue weighted by molar-refractivity contribution is -0.127. The van der Waals surface area contributed by atoms with Crippen molar-refractivity contribution in [2.45, 2.75) is 19.3 Å². The van der Waals surface area contributed by atoms with Crippen LogP contribution in [0.5, 0.6) is 0 Å². The number of pyridine rings is 1. The summed E-state index contributed by atoms with van der Waals surface area (Å²) in [6.07, 6.45) is 5.90. The summed E-state index contributed by atoms with van der Waals surface area (Å²) in [4.78, 5) is 26.4.